The molecule has 0 aliphatic heterocycles. The van der Waals surface area contributed by atoms with E-state index in [1.165, 1.54) is 0 Å². The zero-order valence-electron chi connectivity index (χ0n) is 11.2. The van der Waals surface area contributed by atoms with E-state index in [0.717, 1.165) is 43.5 Å². The summed E-state index contributed by atoms with van der Waals surface area (Å²) in [6.07, 6.45) is -1.27. The second-order valence-corrected chi connectivity index (χ2v) is 6.91. The fourth-order valence-corrected chi connectivity index (χ4v) is 3.72. The lowest BCUT2D eigenvalue weighted by atomic mass is 9.92. The minimum Gasteiger partial charge on any atom is -0.326 e. The average molecular weight is 322 g/mol. The number of sulfonamides is 1. The van der Waals surface area contributed by atoms with Gasteiger partial charge in [0.15, 0.2) is 0 Å². The van der Waals surface area contributed by atoms with Crippen molar-refractivity contribution < 1.29 is 21.6 Å². The van der Waals surface area contributed by atoms with Gasteiger partial charge < -0.3 is 5.73 Å². The lowest BCUT2D eigenvalue weighted by Gasteiger charge is -2.29. The molecule has 0 amide bonds. The molecule has 0 unspecified atom stereocenters. The van der Waals surface area contributed by atoms with Crippen LogP contribution in [0.15, 0.2) is 29.2 Å². The van der Waals surface area contributed by atoms with Crippen LogP contribution in [0.25, 0.3) is 0 Å². The van der Waals surface area contributed by atoms with Crippen molar-refractivity contribution in [3.8, 4) is 0 Å². The number of nitrogens with one attached hydrogen (secondary N) is 1. The normalized spacial score (nSPS) is 24.0. The average Bonchev–Trinajstić information content (AvgIpc) is 2.40. The third-order valence-electron chi connectivity index (χ3n) is 3.62. The standard InChI is InChI=1S/C13H17F3N2O2S/c14-13(15,16)9-5-7-10(8-6-9)21(19,20)18-12-4-2-1-3-11(12)17/h5-8,11-12,18H,1-4,17H2/t11-,12-/m1/s1. The summed E-state index contributed by atoms with van der Waals surface area (Å²) in [6, 6.07) is 2.80. The van der Waals surface area contributed by atoms with Gasteiger partial charge in [0.05, 0.1) is 10.5 Å². The number of halogens is 3. The van der Waals surface area contributed by atoms with E-state index in [4.69, 9.17) is 5.73 Å². The van der Waals surface area contributed by atoms with Gasteiger partial charge in [0.1, 0.15) is 0 Å². The van der Waals surface area contributed by atoms with Gasteiger partial charge in [0.2, 0.25) is 10.0 Å². The van der Waals surface area contributed by atoms with Crippen molar-refractivity contribution in [2.24, 2.45) is 5.73 Å². The molecule has 8 heteroatoms. The molecule has 0 bridgehead atoms. The highest BCUT2D eigenvalue weighted by Gasteiger charge is 2.31. The van der Waals surface area contributed by atoms with Gasteiger partial charge in [-0.3, -0.25) is 0 Å². The number of nitrogens with two attached hydrogens (primary N) is 1. The number of hydrogen-bond acceptors (Lipinski definition) is 3. The quantitative estimate of drug-likeness (QED) is 0.896. The largest absolute Gasteiger partial charge is 0.416 e. The molecule has 21 heavy (non-hydrogen) atoms. The molecule has 2 rings (SSSR count). The van der Waals surface area contributed by atoms with Crippen molar-refractivity contribution in [3.63, 3.8) is 0 Å². The topological polar surface area (TPSA) is 72.2 Å². The number of hydrogen-bond donors (Lipinski definition) is 2. The van der Waals surface area contributed by atoms with Crippen molar-refractivity contribution in [1.82, 2.24) is 4.72 Å². The molecule has 4 nitrogen and oxygen atoms in total. The summed E-state index contributed by atoms with van der Waals surface area (Å²) in [6.45, 7) is 0. The van der Waals surface area contributed by atoms with Gasteiger partial charge >= 0.3 is 6.18 Å². The maximum atomic E-state index is 12.5. The molecule has 1 aliphatic rings. The van der Waals surface area contributed by atoms with E-state index in [-0.39, 0.29) is 17.0 Å². The molecule has 0 aromatic heterocycles. The van der Waals surface area contributed by atoms with Gasteiger partial charge in [0.25, 0.3) is 0 Å². The van der Waals surface area contributed by atoms with Crippen LogP contribution < -0.4 is 10.5 Å². The SMILES string of the molecule is N[C@@H]1CCCC[C@H]1NS(=O)(=O)c1ccc(C(F)(F)F)cc1. The monoisotopic (exact) mass is 322 g/mol. The zero-order chi connectivity index (χ0) is 15.7. The first kappa shape index (κ1) is 16.3. The zero-order valence-corrected chi connectivity index (χ0v) is 12.0. The molecular formula is C13H17F3N2O2S. The van der Waals surface area contributed by atoms with E-state index >= 15 is 0 Å². The van der Waals surface area contributed by atoms with E-state index in [0.29, 0.717) is 6.42 Å². The highest BCUT2D eigenvalue weighted by atomic mass is 32.2. The van der Waals surface area contributed by atoms with Crippen LogP contribution in [-0.2, 0) is 16.2 Å². The third kappa shape index (κ3) is 3.96. The number of benzene rings is 1. The Morgan fingerprint density at radius 1 is 1.10 bits per heavy atom. The Kier molecular flexibility index (Phi) is 4.60. The molecule has 0 heterocycles. The van der Waals surface area contributed by atoms with E-state index in [2.05, 4.69) is 4.72 Å². The number of rotatable bonds is 3. The molecule has 0 saturated heterocycles. The van der Waals surface area contributed by atoms with Crippen molar-refractivity contribution in [1.29, 1.82) is 0 Å². The van der Waals surface area contributed by atoms with Crippen LogP contribution in [-0.4, -0.2) is 20.5 Å². The summed E-state index contributed by atoms with van der Waals surface area (Å²) >= 11 is 0. The molecule has 0 radical (unpaired) electrons. The summed E-state index contributed by atoms with van der Waals surface area (Å²) in [5.41, 5.74) is 4.99. The van der Waals surface area contributed by atoms with Crippen LogP contribution in [0.4, 0.5) is 13.2 Å². The Balaban J connectivity index is 2.16. The van der Waals surface area contributed by atoms with Crippen LogP contribution in [0.3, 0.4) is 0 Å². The molecular weight excluding hydrogens is 305 g/mol. The van der Waals surface area contributed by atoms with Crippen molar-refractivity contribution in [2.75, 3.05) is 0 Å². The molecule has 1 fully saturated rings. The highest BCUT2D eigenvalue weighted by molar-refractivity contribution is 7.89. The van der Waals surface area contributed by atoms with Crippen LogP contribution in [0.5, 0.6) is 0 Å². The van der Waals surface area contributed by atoms with E-state index in [9.17, 15) is 21.6 Å². The summed E-state index contributed by atoms with van der Waals surface area (Å²) in [7, 11) is -3.85. The summed E-state index contributed by atoms with van der Waals surface area (Å²) in [5, 5.41) is 0. The van der Waals surface area contributed by atoms with Crippen molar-refractivity contribution in [3.05, 3.63) is 29.8 Å². The smallest absolute Gasteiger partial charge is 0.326 e. The van der Waals surface area contributed by atoms with Gasteiger partial charge in [-0.15, -0.1) is 0 Å². The predicted molar refractivity (Wildman–Crippen MR) is 72.0 cm³/mol. The minimum absolute atomic E-state index is 0.187. The predicted octanol–water partition coefficient (Wildman–Crippen LogP) is 2.25. The lowest BCUT2D eigenvalue weighted by molar-refractivity contribution is -0.137. The van der Waals surface area contributed by atoms with Gasteiger partial charge in [-0.25, -0.2) is 13.1 Å². The fourth-order valence-electron chi connectivity index (χ4n) is 2.40. The van der Waals surface area contributed by atoms with Crippen molar-refractivity contribution >= 4 is 10.0 Å². The Morgan fingerprint density at radius 3 is 2.19 bits per heavy atom. The van der Waals surface area contributed by atoms with Crippen molar-refractivity contribution in [2.45, 2.75) is 48.8 Å². The van der Waals surface area contributed by atoms with E-state index < -0.39 is 21.8 Å². The fraction of sp³-hybridized carbons (Fsp3) is 0.538. The van der Waals surface area contributed by atoms with Gasteiger partial charge in [-0.1, -0.05) is 12.8 Å². The molecule has 1 aromatic carbocycles. The Morgan fingerprint density at radius 2 is 1.67 bits per heavy atom. The maximum Gasteiger partial charge on any atom is 0.416 e. The first-order valence-electron chi connectivity index (χ1n) is 6.65. The second kappa shape index (κ2) is 5.94. The Bertz CT molecular complexity index is 584. The third-order valence-corrected chi connectivity index (χ3v) is 5.12. The maximum absolute atomic E-state index is 12.5. The molecule has 1 saturated carbocycles. The summed E-state index contributed by atoms with van der Waals surface area (Å²) in [5.74, 6) is 0. The van der Waals surface area contributed by atoms with Gasteiger partial charge in [-0.2, -0.15) is 13.2 Å². The molecule has 118 valence electrons. The molecule has 3 N–H and O–H groups in total. The Hall–Kier alpha value is -1.12. The molecule has 0 spiro atoms. The lowest BCUT2D eigenvalue weighted by Crippen LogP contribution is -2.49. The summed E-state index contributed by atoms with van der Waals surface area (Å²) in [4.78, 5) is -0.187. The van der Waals surface area contributed by atoms with E-state index in [1.54, 1.807) is 0 Å². The van der Waals surface area contributed by atoms with E-state index in [1.807, 2.05) is 0 Å². The second-order valence-electron chi connectivity index (χ2n) is 5.20. The minimum atomic E-state index is -4.48. The Labute approximate surface area is 121 Å². The number of alkyl halides is 3. The van der Waals surface area contributed by atoms with Gasteiger partial charge in [0, 0.05) is 12.1 Å². The molecule has 1 aromatic rings. The van der Waals surface area contributed by atoms with Crippen LogP contribution in [0.2, 0.25) is 0 Å². The molecule has 1 aliphatic carbocycles. The van der Waals surface area contributed by atoms with Crippen LogP contribution >= 0.6 is 0 Å². The highest BCUT2D eigenvalue weighted by Crippen LogP contribution is 2.29. The first-order chi connectivity index (χ1) is 9.70. The van der Waals surface area contributed by atoms with Crippen LogP contribution in [0, 0.1) is 0 Å². The first-order valence-corrected chi connectivity index (χ1v) is 8.13. The summed E-state index contributed by atoms with van der Waals surface area (Å²) < 4.78 is 64.2. The van der Waals surface area contributed by atoms with Gasteiger partial charge in [-0.05, 0) is 37.1 Å². The molecule has 2 atom stereocenters. The van der Waals surface area contributed by atoms with Crippen LogP contribution in [0.1, 0.15) is 31.2 Å².